The van der Waals surface area contributed by atoms with Crippen LogP contribution >= 0.6 is 27.7 Å². The van der Waals surface area contributed by atoms with Gasteiger partial charge >= 0.3 is 0 Å². The van der Waals surface area contributed by atoms with Gasteiger partial charge in [0.2, 0.25) is 5.91 Å². The number of halogens is 1. The van der Waals surface area contributed by atoms with E-state index < -0.39 is 0 Å². The Bertz CT molecular complexity index is 856. The maximum atomic E-state index is 12.3. The number of benzene rings is 2. The van der Waals surface area contributed by atoms with Crippen molar-refractivity contribution in [3.63, 3.8) is 0 Å². The fraction of sp³-hybridized carbons (Fsp3) is 0.158. The van der Waals surface area contributed by atoms with Gasteiger partial charge in [0.1, 0.15) is 0 Å². The van der Waals surface area contributed by atoms with Gasteiger partial charge in [-0.1, -0.05) is 69.7 Å². The third-order valence-corrected chi connectivity index (χ3v) is 5.63. The number of fused-ring (bicyclic) bond motifs is 1. The van der Waals surface area contributed by atoms with Crippen LogP contribution in [0.2, 0.25) is 0 Å². The van der Waals surface area contributed by atoms with E-state index in [4.69, 9.17) is 4.99 Å². The Morgan fingerprint density at radius 3 is 2.54 bits per heavy atom. The zero-order valence-corrected chi connectivity index (χ0v) is 15.5. The van der Waals surface area contributed by atoms with E-state index in [1.807, 2.05) is 17.0 Å². The molecule has 0 bridgehead atoms. The second-order valence-electron chi connectivity index (χ2n) is 5.86. The Morgan fingerprint density at radius 1 is 1.12 bits per heavy atom. The third kappa shape index (κ3) is 2.82. The summed E-state index contributed by atoms with van der Waals surface area (Å²) >= 11 is 4.98. The maximum Gasteiger partial charge on any atom is 0.239 e. The summed E-state index contributed by atoms with van der Waals surface area (Å²) in [5, 5.41) is 0.797. The molecule has 1 saturated heterocycles. The van der Waals surface area contributed by atoms with E-state index in [9.17, 15) is 4.79 Å². The highest BCUT2D eigenvalue weighted by atomic mass is 79.9. The number of thioether (sulfide) groups is 1. The maximum absolute atomic E-state index is 12.3. The second-order valence-corrected chi connectivity index (χ2v) is 7.72. The monoisotopic (exact) mass is 398 g/mol. The molecule has 0 radical (unpaired) electrons. The van der Waals surface area contributed by atoms with Crippen LogP contribution in [-0.2, 0) is 4.79 Å². The molecule has 1 atom stereocenters. The van der Waals surface area contributed by atoms with Crippen LogP contribution in [0.3, 0.4) is 0 Å². The number of nitrogens with zero attached hydrogens (tertiary/aromatic N) is 2. The SMILES string of the molecule is Cc1ccc(C2=C[C@H](c3ccc(Br)cc3)N3C(=O)CSC3=N2)cc1. The highest BCUT2D eigenvalue weighted by Crippen LogP contribution is 2.38. The molecule has 0 spiro atoms. The van der Waals surface area contributed by atoms with E-state index in [-0.39, 0.29) is 11.9 Å². The number of hydrogen-bond donors (Lipinski definition) is 0. The minimum absolute atomic E-state index is 0.107. The molecule has 1 amide bonds. The Balaban J connectivity index is 1.80. The van der Waals surface area contributed by atoms with E-state index in [2.05, 4.69) is 65.3 Å². The molecule has 120 valence electrons. The smallest absolute Gasteiger partial charge is 0.239 e. The van der Waals surface area contributed by atoms with Gasteiger partial charge in [-0.15, -0.1) is 0 Å². The normalized spacial score (nSPS) is 19.8. The van der Waals surface area contributed by atoms with Crippen LogP contribution in [0.25, 0.3) is 5.70 Å². The zero-order chi connectivity index (χ0) is 16.7. The van der Waals surface area contributed by atoms with Crippen molar-refractivity contribution in [1.29, 1.82) is 0 Å². The summed E-state index contributed by atoms with van der Waals surface area (Å²) in [5.74, 6) is 0.576. The molecule has 0 unspecified atom stereocenters. The first-order chi connectivity index (χ1) is 11.6. The number of aryl methyl sites for hydroxylation is 1. The molecule has 2 aromatic carbocycles. The lowest BCUT2D eigenvalue weighted by atomic mass is 10.0. The van der Waals surface area contributed by atoms with Crippen molar-refractivity contribution in [3.05, 3.63) is 75.8 Å². The number of carbonyl (C=O) groups excluding carboxylic acids is 1. The quantitative estimate of drug-likeness (QED) is 0.728. The zero-order valence-electron chi connectivity index (χ0n) is 13.1. The van der Waals surface area contributed by atoms with Crippen molar-refractivity contribution in [2.24, 2.45) is 4.99 Å². The average molecular weight is 399 g/mol. The van der Waals surface area contributed by atoms with Crippen molar-refractivity contribution in [3.8, 4) is 0 Å². The molecule has 4 rings (SSSR count). The molecule has 3 nitrogen and oxygen atoms in total. The van der Waals surface area contributed by atoms with Gasteiger partial charge in [0.05, 0.1) is 17.5 Å². The molecule has 2 aromatic rings. The van der Waals surface area contributed by atoms with Crippen LogP contribution in [0.15, 0.2) is 64.1 Å². The van der Waals surface area contributed by atoms with E-state index in [1.54, 1.807) is 0 Å². The predicted octanol–water partition coefficient (Wildman–Crippen LogP) is 4.78. The first kappa shape index (κ1) is 15.7. The molecule has 0 aromatic heterocycles. The van der Waals surface area contributed by atoms with Crippen molar-refractivity contribution in [1.82, 2.24) is 4.90 Å². The van der Waals surface area contributed by atoms with Crippen LogP contribution in [-0.4, -0.2) is 21.7 Å². The number of amides is 1. The van der Waals surface area contributed by atoms with Gasteiger partial charge in [-0.3, -0.25) is 9.69 Å². The van der Waals surface area contributed by atoms with Gasteiger partial charge in [0.15, 0.2) is 5.17 Å². The van der Waals surface area contributed by atoms with Crippen molar-refractivity contribution in [2.75, 3.05) is 5.75 Å². The van der Waals surface area contributed by atoms with Gasteiger partial charge in [-0.2, -0.15) is 0 Å². The average Bonchev–Trinajstić information content (AvgIpc) is 2.97. The highest BCUT2D eigenvalue weighted by Gasteiger charge is 2.37. The molecule has 0 N–H and O–H groups in total. The van der Waals surface area contributed by atoms with Gasteiger partial charge in [0.25, 0.3) is 0 Å². The summed E-state index contributed by atoms with van der Waals surface area (Å²) in [7, 11) is 0. The summed E-state index contributed by atoms with van der Waals surface area (Å²) in [4.78, 5) is 18.9. The summed E-state index contributed by atoms with van der Waals surface area (Å²) in [6.07, 6.45) is 2.08. The van der Waals surface area contributed by atoms with Crippen LogP contribution in [0.1, 0.15) is 22.7 Å². The minimum atomic E-state index is -0.107. The van der Waals surface area contributed by atoms with Crippen LogP contribution in [0.5, 0.6) is 0 Å². The second kappa shape index (κ2) is 6.22. The molecule has 0 aliphatic carbocycles. The number of amidine groups is 1. The molecule has 0 saturated carbocycles. The fourth-order valence-electron chi connectivity index (χ4n) is 2.89. The lowest BCUT2D eigenvalue weighted by molar-refractivity contribution is -0.125. The number of aliphatic imine (C=N–C) groups is 1. The fourth-order valence-corrected chi connectivity index (χ4v) is 4.06. The first-order valence-corrected chi connectivity index (χ1v) is 9.47. The predicted molar refractivity (Wildman–Crippen MR) is 103 cm³/mol. The van der Waals surface area contributed by atoms with Gasteiger partial charge in [-0.25, -0.2) is 4.99 Å². The number of carbonyl (C=O) groups is 1. The van der Waals surface area contributed by atoms with Crippen molar-refractivity contribution in [2.45, 2.75) is 13.0 Å². The molecular weight excluding hydrogens is 384 g/mol. The third-order valence-electron chi connectivity index (χ3n) is 4.17. The molecule has 2 heterocycles. The topological polar surface area (TPSA) is 32.7 Å². The molecular formula is C19H15BrN2OS. The van der Waals surface area contributed by atoms with Crippen LogP contribution in [0, 0.1) is 6.92 Å². The van der Waals surface area contributed by atoms with Gasteiger partial charge in [-0.05, 0) is 36.3 Å². The summed E-state index contributed by atoms with van der Waals surface area (Å²) in [6, 6.07) is 16.4. The summed E-state index contributed by atoms with van der Waals surface area (Å²) < 4.78 is 1.03. The van der Waals surface area contributed by atoms with Crippen LogP contribution < -0.4 is 0 Å². The van der Waals surface area contributed by atoms with Crippen molar-refractivity contribution >= 4 is 44.5 Å². The van der Waals surface area contributed by atoms with Gasteiger partial charge < -0.3 is 0 Å². The highest BCUT2D eigenvalue weighted by molar-refractivity contribution is 9.10. The molecule has 24 heavy (non-hydrogen) atoms. The van der Waals surface area contributed by atoms with E-state index >= 15 is 0 Å². The number of hydrogen-bond acceptors (Lipinski definition) is 3. The molecule has 2 aliphatic rings. The lowest BCUT2D eigenvalue weighted by Gasteiger charge is -2.29. The first-order valence-electron chi connectivity index (χ1n) is 7.70. The van der Waals surface area contributed by atoms with Crippen molar-refractivity contribution < 1.29 is 4.79 Å². The van der Waals surface area contributed by atoms with Gasteiger partial charge in [0, 0.05) is 4.47 Å². The van der Waals surface area contributed by atoms with Crippen LogP contribution in [0.4, 0.5) is 0 Å². The standard InChI is InChI=1S/C19H15BrN2OS/c1-12-2-4-13(5-3-12)16-10-17(14-6-8-15(20)9-7-14)22-18(23)11-24-19(22)21-16/h2-10,17H,11H2,1H3/t17-/m1/s1. The van der Waals surface area contributed by atoms with E-state index in [1.165, 1.54) is 17.3 Å². The molecule has 2 aliphatic heterocycles. The number of rotatable bonds is 2. The Morgan fingerprint density at radius 2 is 1.83 bits per heavy atom. The Kier molecular flexibility index (Phi) is 4.06. The van der Waals surface area contributed by atoms with E-state index in [0.717, 1.165) is 26.5 Å². The molecule has 5 heteroatoms. The lowest BCUT2D eigenvalue weighted by Crippen LogP contribution is -2.34. The Labute approximate surface area is 153 Å². The Hall–Kier alpha value is -1.85. The largest absolute Gasteiger partial charge is 0.279 e. The molecule has 1 fully saturated rings. The van der Waals surface area contributed by atoms with E-state index in [0.29, 0.717) is 5.75 Å². The summed E-state index contributed by atoms with van der Waals surface area (Å²) in [6.45, 7) is 2.07. The summed E-state index contributed by atoms with van der Waals surface area (Å²) in [5.41, 5.74) is 4.32. The minimum Gasteiger partial charge on any atom is -0.279 e.